The van der Waals surface area contributed by atoms with E-state index in [-0.39, 0.29) is 24.0 Å². The molecule has 2 aromatic rings. The molecular weight excluding hydrogens is 332 g/mol. The van der Waals surface area contributed by atoms with Crippen molar-refractivity contribution in [3.63, 3.8) is 0 Å². The molecule has 0 unspecified atom stereocenters. The molecule has 1 heterocycles. The Bertz CT molecular complexity index is 845. The van der Waals surface area contributed by atoms with Crippen LogP contribution in [0.2, 0.25) is 0 Å². The van der Waals surface area contributed by atoms with Gasteiger partial charge in [0.25, 0.3) is 0 Å². The highest BCUT2D eigenvalue weighted by molar-refractivity contribution is 6.03. The first-order chi connectivity index (χ1) is 12.5. The lowest BCUT2D eigenvalue weighted by molar-refractivity contribution is -0.122. The standard InChI is InChI=1S/C20H20N2O4/c1-13(23)14-6-8-16(9-7-14)21-20(25)15-10-19(24)22(12-15)17-4-3-5-18(11-17)26-2/h3-9,11,15H,10,12H2,1-2H3,(H,21,25)/t15-/m1/s1. The summed E-state index contributed by atoms with van der Waals surface area (Å²) < 4.78 is 5.19. The highest BCUT2D eigenvalue weighted by Crippen LogP contribution is 2.28. The highest BCUT2D eigenvalue weighted by Gasteiger charge is 2.35. The van der Waals surface area contributed by atoms with Crippen molar-refractivity contribution in [3.8, 4) is 5.75 Å². The van der Waals surface area contributed by atoms with E-state index < -0.39 is 5.92 Å². The van der Waals surface area contributed by atoms with Crippen LogP contribution in [0.25, 0.3) is 0 Å². The Labute approximate surface area is 151 Å². The number of amides is 2. The van der Waals surface area contributed by atoms with Gasteiger partial charge in [-0.3, -0.25) is 14.4 Å². The summed E-state index contributed by atoms with van der Waals surface area (Å²) in [5, 5.41) is 2.81. The van der Waals surface area contributed by atoms with Gasteiger partial charge in [0.2, 0.25) is 11.8 Å². The molecule has 3 rings (SSSR count). The van der Waals surface area contributed by atoms with Crippen molar-refractivity contribution in [3.05, 3.63) is 54.1 Å². The molecule has 2 amide bonds. The molecule has 26 heavy (non-hydrogen) atoms. The number of Topliss-reactive ketones (excluding diaryl/α,β-unsaturated/α-hetero) is 1. The second kappa shape index (κ2) is 7.39. The highest BCUT2D eigenvalue weighted by atomic mass is 16.5. The van der Waals surface area contributed by atoms with Crippen LogP contribution in [0.1, 0.15) is 23.7 Å². The van der Waals surface area contributed by atoms with Crippen molar-refractivity contribution in [2.45, 2.75) is 13.3 Å². The van der Waals surface area contributed by atoms with Crippen LogP contribution in [0.15, 0.2) is 48.5 Å². The number of hydrogen-bond acceptors (Lipinski definition) is 4. The average Bonchev–Trinajstić information content (AvgIpc) is 3.04. The fraction of sp³-hybridized carbons (Fsp3) is 0.250. The van der Waals surface area contributed by atoms with Crippen LogP contribution in [-0.2, 0) is 9.59 Å². The fourth-order valence-corrected chi connectivity index (χ4v) is 2.94. The Kier molecular flexibility index (Phi) is 5.02. The predicted octanol–water partition coefficient (Wildman–Crippen LogP) is 2.89. The molecular formula is C20H20N2O4. The molecule has 1 saturated heterocycles. The summed E-state index contributed by atoms with van der Waals surface area (Å²) in [5.41, 5.74) is 1.91. The molecule has 1 fully saturated rings. The monoisotopic (exact) mass is 352 g/mol. The van der Waals surface area contributed by atoms with E-state index >= 15 is 0 Å². The van der Waals surface area contributed by atoms with Crippen molar-refractivity contribution in [1.82, 2.24) is 0 Å². The summed E-state index contributed by atoms with van der Waals surface area (Å²) in [4.78, 5) is 37.7. The molecule has 0 aromatic heterocycles. The molecule has 2 aromatic carbocycles. The van der Waals surface area contributed by atoms with Gasteiger partial charge in [0, 0.05) is 36.0 Å². The van der Waals surface area contributed by atoms with Gasteiger partial charge < -0.3 is 15.0 Å². The number of nitrogens with one attached hydrogen (secondary N) is 1. The maximum absolute atomic E-state index is 12.5. The smallest absolute Gasteiger partial charge is 0.229 e. The number of ketones is 1. The molecule has 0 spiro atoms. The van der Waals surface area contributed by atoms with Crippen molar-refractivity contribution < 1.29 is 19.1 Å². The quantitative estimate of drug-likeness (QED) is 0.840. The number of ether oxygens (including phenoxy) is 1. The normalized spacial score (nSPS) is 16.5. The van der Waals surface area contributed by atoms with E-state index in [1.165, 1.54) is 6.92 Å². The lowest BCUT2D eigenvalue weighted by Gasteiger charge is -2.17. The Morgan fingerprint density at radius 3 is 2.54 bits per heavy atom. The molecule has 6 heteroatoms. The van der Waals surface area contributed by atoms with Gasteiger partial charge in [-0.05, 0) is 43.3 Å². The summed E-state index contributed by atoms with van der Waals surface area (Å²) in [6, 6.07) is 13.9. The van der Waals surface area contributed by atoms with E-state index in [1.807, 2.05) is 12.1 Å². The molecule has 0 aliphatic carbocycles. The number of hydrogen-bond donors (Lipinski definition) is 1. The van der Waals surface area contributed by atoms with Crippen LogP contribution < -0.4 is 15.0 Å². The van der Waals surface area contributed by atoms with E-state index in [1.54, 1.807) is 48.4 Å². The lowest BCUT2D eigenvalue weighted by atomic mass is 10.1. The zero-order chi connectivity index (χ0) is 18.7. The number of nitrogens with zero attached hydrogens (tertiary/aromatic N) is 1. The number of rotatable bonds is 5. The third-order valence-corrected chi connectivity index (χ3v) is 4.42. The maximum Gasteiger partial charge on any atom is 0.229 e. The molecule has 0 bridgehead atoms. The average molecular weight is 352 g/mol. The van der Waals surface area contributed by atoms with Crippen molar-refractivity contribution >= 4 is 29.0 Å². The zero-order valence-corrected chi connectivity index (χ0v) is 14.7. The number of anilines is 2. The van der Waals surface area contributed by atoms with Gasteiger partial charge in [0.15, 0.2) is 5.78 Å². The van der Waals surface area contributed by atoms with Gasteiger partial charge in [-0.2, -0.15) is 0 Å². The van der Waals surface area contributed by atoms with Crippen molar-refractivity contribution in [1.29, 1.82) is 0 Å². The molecule has 0 saturated carbocycles. The first-order valence-electron chi connectivity index (χ1n) is 8.34. The molecule has 0 radical (unpaired) electrons. The second-order valence-corrected chi connectivity index (χ2v) is 6.23. The molecule has 1 atom stereocenters. The third kappa shape index (κ3) is 3.74. The van der Waals surface area contributed by atoms with Crippen LogP contribution in [0.3, 0.4) is 0 Å². The summed E-state index contributed by atoms with van der Waals surface area (Å²) in [7, 11) is 1.57. The summed E-state index contributed by atoms with van der Waals surface area (Å²) in [6.07, 6.45) is 0.161. The van der Waals surface area contributed by atoms with Crippen LogP contribution in [0, 0.1) is 5.92 Å². The lowest BCUT2D eigenvalue weighted by Crippen LogP contribution is -2.28. The minimum Gasteiger partial charge on any atom is -0.497 e. The maximum atomic E-state index is 12.5. The number of carbonyl (C=O) groups excluding carboxylic acids is 3. The van der Waals surface area contributed by atoms with Crippen molar-refractivity contribution in [2.75, 3.05) is 23.9 Å². The molecule has 6 nitrogen and oxygen atoms in total. The number of carbonyl (C=O) groups is 3. The van der Waals surface area contributed by atoms with Crippen LogP contribution >= 0.6 is 0 Å². The first-order valence-corrected chi connectivity index (χ1v) is 8.34. The minimum absolute atomic E-state index is 0.0294. The van der Waals surface area contributed by atoms with Crippen LogP contribution in [-0.4, -0.2) is 31.3 Å². The largest absolute Gasteiger partial charge is 0.497 e. The first kappa shape index (κ1) is 17.7. The molecule has 134 valence electrons. The van der Waals surface area contributed by atoms with Gasteiger partial charge in [0.1, 0.15) is 5.75 Å². The molecule has 1 N–H and O–H groups in total. The second-order valence-electron chi connectivity index (χ2n) is 6.23. The summed E-state index contributed by atoms with van der Waals surface area (Å²) in [6.45, 7) is 1.81. The summed E-state index contributed by atoms with van der Waals surface area (Å²) >= 11 is 0. The van der Waals surface area contributed by atoms with Gasteiger partial charge in [-0.15, -0.1) is 0 Å². The van der Waals surface area contributed by atoms with E-state index in [9.17, 15) is 14.4 Å². The Morgan fingerprint density at radius 1 is 1.15 bits per heavy atom. The third-order valence-electron chi connectivity index (χ3n) is 4.42. The van der Waals surface area contributed by atoms with E-state index in [0.29, 0.717) is 23.5 Å². The minimum atomic E-state index is -0.429. The van der Waals surface area contributed by atoms with E-state index in [4.69, 9.17) is 4.74 Å². The topological polar surface area (TPSA) is 75.7 Å². The molecule has 1 aliphatic heterocycles. The van der Waals surface area contributed by atoms with Crippen LogP contribution in [0.4, 0.5) is 11.4 Å². The summed E-state index contributed by atoms with van der Waals surface area (Å²) in [5.74, 6) is -0.0993. The van der Waals surface area contributed by atoms with Gasteiger partial charge in [-0.25, -0.2) is 0 Å². The number of benzene rings is 2. The SMILES string of the molecule is COc1cccc(N2C[C@H](C(=O)Nc3ccc(C(C)=O)cc3)CC2=O)c1. The van der Waals surface area contributed by atoms with Gasteiger partial charge in [-0.1, -0.05) is 6.07 Å². The predicted molar refractivity (Wildman–Crippen MR) is 98.5 cm³/mol. The Hall–Kier alpha value is -3.15. The zero-order valence-electron chi connectivity index (χ0n) is 14.7. The van der Waals surface area contributed by atoms with Crippen molar-refractivity contribution in [2.24, 2.45) is 5.92 Å². The fourth-order valence-electron chi connectivity index (χ4n) is 2.94. The van der Waals surface area contributed by atoms with Crippen LogP contribution in [0.5, 0.6) is 5.75 Å². The number of methoxy groups -OCH3 is 1. The molecule has 1 aliphatic rings. The Morgan fingerprint density at radius 2 is 1.88 bits per heavy atom. The van der Waals surface area contributed by atoms with E-state index in [0.717, 1.165) is 5.69 Å². The Balaban J connectivity index is 1.67. The van der Waals surface area contributed by atoms with E-state index in [2.05, 4.69) is 5.32 Å². The van der Waals surface area contributed by atoms with Gasteiger partial charge in [0.05, 0.1) is 13.0 Å². The van der Waals surface area contributed by atoms with Gasteiger partial charge >= 0.3 is 0 Å².